The van der Waals surface area contributed by atoms with Crippen molar-refractivity contribution in [3.8, 4) is 0 Å². The monoisotopic (exact) mass is 362 g/mol. The van der Waals surface area contributed by atoms with Gasteiger partial charge in [0, 0.05) is 11.4 Å². The van der Waals surface area contributed by atoms with E-state index in [9.17, 15) is 9.59 Å². The Labute approximate surface area is 153 Å². The standard InChI is InChI=1S/C18H26N4O4/c1-9-11(3)19-21(13(9)5)15(17(23)25-7)16(18(24)26-8)22-14(6)10(2)12(4)20-22/h15-16H,1-8H3. The molecule has 0 fully saturated rings. The van der Waals surface area contributed by atoms with E-state index in [1.807, 2.05) is 41.5 Å². The summed E-state index contributed by atoms with van der Waals surface area (Å²) >= 11 is 0. The topological polar surface area (TPSA) is 88.2 Å². The van der Waals surface area contributed by atoms with Crippen LogP contribution >= 0.6 is 0 Å². The maximum Gasteiger partial charge on any atom is 0.333 e. The fourth-order valence-electron chi connectivity index (χ4n) is 3.00. The molecule has 2 atom stereocenters. The minimum absolute atomic E-state index is 0.587. The van der Waals surface area contributed by atoms with Gasteiger partial charge < -0.3 is 9.47 Å². The summed E-state index contributed by atoms with van der Waals surface area (Å²) in [6.07, 6.45) is 0. The minimum atomic E-state index is -1.03. The van der Waals surface area contributed by atoms with E-state index in [1.165, 1.54) is 23.6 Å². The summed E-state index contributed by atoms with van der Waals surface area (Å²) in [5.41, 5.74) is 5.03. The molecule has 0 amide bonds. The first-order valence-corrected chi connectivity index (χ1v) is 8.35. The maximum absolute atomic E-state index is 12.7. The first-order valence-electron chi connectivity index (χ1n) is 8.35. The predicted octanol–water partition coefficient (Wildman–Crippen LogP) is 2.06. The fraction of sp³-hybridized carbons (Fsp3) is 0.556. The van der Waals surface area contributed by atoms with Crippen LogP contribution in [0.4, 0.5) is 0 Å². The number of rotatable bonds is 5. The number of aryl methyl sites for hydroxylation is 2. The quantitative estimate of drug-likeness (QED) is 0.757. The van der Waals surface area contributed by atoms with Gasteiger partial charge in [-0.05, 0) is 52.7 Å². The van der Waals surface area contributed by atoms with E-state index in [0.717, 1.165) is 33.9 Å². The van der Waals surface area contributed by atoms with Crippen molar-refractivity contribution in [3.63, 3.8) is 0 Å². The smallest absolute Gasteiger partial charge is 0.333 e. The summed E-state index contributed by atoms with van der Waals surface area (Å²) in [5.74, 6) is -1.17. The van der Waals surface area contributed by atoms with Crippen LogP contribution in [0.15, 0.2) is 0 Å². The van der Waals surface area contributed by atoms with E-state index in [1.54, 1.807) is 0 Å². The van der Waals surface area contributed by atoms with Gasteiger partial charge in [0.1, 0.15) is 0 Å². The first kappa shape index (κ1) is 19.7. The van der Waals surface area contributed by atoms with Gasteiger partial charge in [0.15, 0.2) is 12.1 Å². The second kappa shape index (κ2) is 7.31. The van der Waals surface area contributed by atoms with Gasteiger partial charge in [0.05, 0.1) is 25.6 Å². The molecule has 8 nitrogen and oxygen atoms in total. The molecule has 0 bridgehead atoms. The van der Waals surface area contributed by atoms with Crippen LogP contribution < -0.4 is 0 Å². The van der Waals surface area contributed by atoms with E-state index in [0.29, 0.717) is 0 Å². The van der Waals surface area contributed by atoms with Crippen molar-refractivity contribution in [3.05, 3.63) is 33.9 Å². The Morgan fingerprint density at radius 2 is 1.04 bits per heavy atom. The summed E-state index contributed by atoms with van der Waals surface area (Å²) < 4.78 is 13.1. The second-order valence-electron chi connectivity index (χ2n) is 6.42. The average molecular weight is 362 g/mol. The molecule has 2 aromatic heterocycles. The van der Waals surface area contributed by atoms with Crippen LogP contribution in [0.3, 0.4) is 0 Å². The number of nitrogens with zero attached hydrogens (tertiary/aromatic N) is 4. The number of hydrogen-bond acceptors (Lipinski definition) is 6. The van der Waals surface area contributed by atoms with Crippen molar-refractivity contribution in [1.29, 1.82) is 0 Å². The molecule has 0 aliphatic carbocycles. The molecule has 26 heavy (non-hydrogen) atoms. The zero-order chi connectivity index (χ0) is 19.8. The summed E-state index contributed by atoms with van der Waals surface area (Å²) in [5, 5.41) is 8.94. The second-order valence-corrected chi connectivity index (χ2v) is 6.42. The Morgan fingerprint density at radius 1 is 0.731 bits per heavy atom. The van der Waals surface area contributed by atoms with Gasteiger partial charge in [-0.2, -0.15) is 10.2 Å². The van der Waals surface area contributed by atoms with Crippen LogP contribution in [0.1, 0.15) is 46.0 Å². The van der Waals surface area contributed by atoms with Crippen LogP contribution in [0.5, 0.6) is 0 Å². The van der Waals surface area contributed by atoms with Gasteiger partial charge in [-0.25, -0.2) is 9.59 Å². The van der Waals surface area contributed by atoms with Crippen LogP contribution in [0.2, 0.25) is 0 Å². The van der Waals surface area contributed by atoms with Gasteiger partial charge in [-0.3, -0.25) is 9.36 Å². The van der Waals surface area contributed by atoms with Crippen molar-refractivity contribution in [2.75, 3.05) is 14.2 Å². The highest BCUT2D eigenvalue weighted by molar-refractivity contribution is 5.84. The van der Waals surface area contributed by atoms with Crippen LogP contribution in [-0.2, 0) is 19.1 Å². The van der Waals surface area contributed by atoms with Gasteiger partial charge in [0.2, 0.25) is 0 Å². The third-order valence-electron chi connectivity index (χ3n) is 5.08. The summed E-state index contributed by atoms with van der Waals surface area (Å²) in [4.78, 5) is 25.4. The molecule has 142 valence electrons. The summed E-state index contributed by atoms with van der Waals surface area (Å²) in [6.45, 7) is 11.3. The molecule has 0 saturated heterocycles. The van der Waals surface area contributed by atoms with E-state index >= 15 is 0 Å². The van der Waals surface area contributed by atoms with E-state index in [2.05, 4.69) is 10.2 Å². The van der Waals surface area contributed by atoms with E-state index < -0.39 is 24.0 Å². The Hall–Kier alpha value is -2.64. The highest BCUT2D eigenvalue weighted by Gasteiger charge is 2.42. The molecule has 2 unspecified atom stereocenters. The normalized spacial score (nSPS) is 13.4. The molecule has 0 spiro atoms. The fourth-order valence-corrected chi connectivity index (χ4v) is 3.00. The molecule has 0 aliphatic rings. The lowest BCUT2D eigenvalue weighted by Crippen LogP contribution is -2.38. The van der Waals surface area contributed by atoms with E-state index in [-0.39, 0.29) is 0 Å². The highest BCUT2D eigenvalue weighted by Crippen LogP contribution is 2.31. The molecule has 2 rings (SSSR count). The molecule has 8 heteroatoms. The number of methoxy groups -OCH3 is 2. The van der Waals surface area contributed by atoms with E-state index in [4.69, 9.17) is 9.47 Å². The molecule has 0 aliphatic heterocycles. The number of hydrogen-bond donors (Lipinski definition) is 0. The molecule has 0 saturated carbocycles. The lowest BCUT2D eigenvalue weighted by atomic mass is 10.1. The van der Waals surface area contributed by atoms with Crippen LogP contribution in [0, 0.1) is 41.5 Å². The molecular formula is C18H26N4O4. The van der Waals surface area contributed by atoms with Crippen molar-refractivity contribution >= 4 is 11.9 Å². The Balaban J connectivity index is 2.74. The molecule has 0 N–H and O–H groups in total. The Bertz CT molecular complexity index is 780. The predicted molar refractivity (Wildman–Crippen MR) is 95.0 cm³/mol. The largest absolute Gasteiger partial charge is 0.467 e. The Kier molecular flexibility index (Phi) is 5.53. The van der Waals surface area contributed by atoms with Gasteiger partial charge in [-0.1, -0.05) is 0 Å². The average Bonchev–Trinajstić information content (AvgIpc) is 3.02. The number of esters is 2. The van der Waals surface area contributed by atoms with Gasteiger partial charge >= 0.3 is 11.9 Å². The third kappa shape index (κ3) is 3.11. The molecule has 0 aromatic carbocycles. The highest BCUT2D eigenvalue weighted by atomic mass is 16.5. The lowest BCUT2D eigenvalue weighted by molar-refractivity contribution is -0.156. The molecule has 2 heterocycles. The number of ether oxygens (including phenoxy) is 2. The maximum atomic E-state index is 12.7. The van der Waals surface area contributed by atoms with Gasteiger partial charge in [0.25, 0.3) is 0 Å². The first-order chi connectivity index (χ1) is 12.1. The third-order valence-corrected chi connectivity index (χ3v) is 5.08. The van der Waals surface area contributed by atoms with Crippen molar-refractivity contribution < 1.29 is 19.1 Å². The zero-order valence-corrected chi connectivity index (χ0v) is 16.6. The minimum Gasteiger partial charge on any atom is -0.467 e. The Morgan fingerprint density at radius 3 is 1.23 bits per heavy atom. The zero-order valence-electron chi connectivity index (χ0n) is 16.6. The van der Waals surface area contributed by atoms with Crippen molar-refractivity contribution in [1.82, 2.24) is 19.6 Å². The SMILES string of the molecule is COC(=O)C(C(C(=O)OC)n1nc(C)c(C)c1C)n1nc(C)c(C)c1C. The number of carbonyl (C=O) groups excluding carboxylic acids is 2. The van der Waals surface area contributed by atoms with Crippen LogP contribution in [-0.4, -0.2) is 45.7 Å². The van der Waals surface area contributed by atoms with Crippen LogP contribution in [0.25, 0.3) is 0 Å². The molecular weight excluding hydrogens is 336 g/mol. The van der Waals surface area contributed by atoms with Crippen molar-refractivity contribution in [2.24, 2.45) is 0 Å². The van der Waals surface area contributed by atoms with Crippen molar-refractivity contribution in [2.45, 2.75) is 53.6 Å². The molecule has 0 radical (unpaired) electrons. The summed E-state index contributed by atoms with van der Waals surface area (Å²) in [6, 6.07) is -2.06. The van der Waals surface area contributed by atoms with Gasteiger partial charge in [-0.15, -0.1) is 0 Å². The summed E-state index contributed by atoms with van der Waals surface area (Å²) in [7, 11) is 2.57. The number of aromatic nitrogens is 4. The lowest BCUT2D eigenvalue weighted by Gasteiger charge is -2.26. The number of carbonyl (C=O) groups is 2. The molecule has 2 aromatic rings.